The number of anilines is 1. The lowest BCUT2D eigenvalue weighted by atomic mass is 9.84. The van der Waals surface area contributed by atoms with Crippen LogP contribution in [0.1, 0.15) is 44.7 Å². The molecule has 0 saturated carbocycles. The Morgan fingerprint density at radius 1 is 1.38 bits per heavy atom. The lowest BCUT2D eigenvalue weighted by molar-refractivity contribution is 0.641. The smallest absolute Gasteiger partial charge is 0.136 e. The molecule has 0 N–H and O–H groups in total. The Kier molecular flexibility index (Phi) is 2.33. The maximum Gasteiger partial charge on any atom is 0.136 e. The number of pyridine rings is 1. The Balaban J connectivity index is 2.61. The summed E-state index contributed by atoms with van der Waals surface area (Å²) < 4.78 is 0. The fraction of sp³-hybridized carbons (Fsp3) is 0.500. The molecule has 0 radical (unpaired) electrons. The second-order valence-electron chi connectivity index (χ2n) is 5.43. The zero-order valence-corrected chi connectivity index (χ0v) is 10.8. The van der Waals surface area contributed by atoms with Crippen LogP contribution in [-0.2, 0) is 5.41 Å². The molecule has 1 aromatic rings. The van der Waals surface area contributed by atoms with E-state index in [0.717, 1.165) is 11.5 Å². The van der Waals surface area contributed by atoms with E-state index >= 15 is 0 Å². The van der Waals surface area contributed by atoms with Gasteiger partial charge in [-0.25, -0.2) is 4.98 Å². The van der Waals surface area contributed by atoms with Gasteiger partial charge in [0.15, 0.2) is 0 Å². The minimum atomic E-state index is 0.00197. The fourth-order valence-electron chi connectivity index (χ4n) is 2.22. The molecule has 86 valence electrons. The first kappa shape index (κ1) is 11.2. The maximum absolute atomic E-state index is 4.57. The zero-order chi connectivity index (χ0) is 12.1. The highest BCUT2D eigenvalue weighted by Crippen LogP contribution is 2.45. The van der Waals surface area contributed by atoms with Crippen molar-refractivity contribution < 1.29 is 0 Å². The van der Waals surface area contributed by atoms with E-state index in [9.17, 15) is 0 Å². The Morgan fingerprint density at radius 3 is 2.56 bits per heavy atom. The van der Waals surface area contributed by atoms with Gasteiger partial charge in [-0.15, -0.1) is 0 Å². The highest BCUT2D eigenvalue weighted by atomic mass is 15.2. The molecular formula is C14H20N2. The van der Waals surface area contributed by atoms with Crippen molar-refractivity contribution in [1.29, 1.82) is 0 Å². The summed E-state index contributed by atoms with van der Waals surface area (Å²) in [6.07, 6.45) is 1.98. The first-order chi connectivity index (χ1) is 7.35. The normalized spacial score (nSPS) is 18.1. The molecule has 0 amide bonds. The Bertz CT molecular complexity index is 444. The quantitative estimate of drug-likeness (QED) is 0.715. The minimum absolute atomic E-state index is 0.00197. The Morgan fingerprint density at radius 2 is 2.00 bits per heavy atom. The summed E-state index contributed by atoms with van der Waals surface area (Å²) in [5.74, 6) is 1.58. The fourth-order valence-corrected chi connectivity index (χ4v) is 2.22. The van der Waals surface area contributed by atoms with Crippen LogP contribution in [0.25, 0.3) is 0 Å². The number of likely N-dealkylation sites (N-methyl/N-ethyl adjacent to an activating group) is 1. The van der Waals surface area contributed by atoms with Gasteiger partial charge in [0.25, 0.3) is 0 Å². The van der Waals surface area contributed by atoms with E-state index in [1.54, 1.807) is 0 Å². The number of fused-ring (bicyclic) bond motifs is 1. The van der Waals surface area contributed by atoms with E-state index in [1.807, 2.05) is 13.2 Å². The highest BCUT2D eigenvalue weighted by molar-refractivity contribution is 5.65. The summed E-state index contributed by atoms with van der Waals surface area (Å²) in [7, 11) is 2.04. The molecule has 1 aliphatic heterocycles. The Hall–Kier alpha value is -1.31. The number of allylic oxidation sites excluding steroid dienone is 1. The third-order valence-electron chi connectivity index (χ3n) is 3.67. The van der Waals surface area contributed by atoms with Crippen LogP contribution < -0.4 is 4.90 Å². The summed E-state index contributed by atoms with van der Waals surface area (Å²) in [5, 5.41) is 0. The molecule has 0 atom stereocenters. The second kappa shape index (κ2) is 3.34. The van der Waals surface area contributed by atoms with E-state index < -0.39 is 0 Å². The van der Waals surface area contributed by atoms with E-state index in [-0.39, 0.29) is 5.41 Å². The third-order valence-corrected chi connectivity index (χ3v) is 3.67. The standard InChI is InChI=1S/C14H20N2/c1-9(2)11-7-12-13(15-8-11)16(6)10(3)14(12,4)5/h7-9H,3H2,1-2,4-6H3. The average molecular weight is 216 g/mol. The molecule has 0 spiro atoms. The minimum Gasteiger partial charge on any atom is -0.333 e. The van der Waals surface area contributed by atoms with Crippen LogP contribution in [0.4, 0.5) is 5.82 Å². The van der Waals surface area contributed by atoms with E-state index in [4.69, 9.17) is 0 Å². The van der Waals surface area contributed by atoms with Crippen LogP contribution in [0.3, 0.4) is 0 Å². The van der Waals surface area contributed by atoms with Crippen LogP contribution in [0.2, 0.25) is 0 Å². The molecule has 1 aliphatic rings. The predicted octanol–water partition coefficient (Wildman–Crippen LogP) is 3.45. The van der Waals surface area contributed by atoms with Gasteiger partial charge in [0.2, 0.25) is 0 Å². The molecule has 0 unspecified atom stereocenters. The molecule has 2 heteroatoms. The lowest BCUT2D eigenvalue weighted by Crippen LogP contribution is -2.21. The van der Waals surface area contributed by atoms with Crippen molar-refractivity contribution >= 4 is 5.82 Å². The van der Waals surface area contributed by atoms with Crippen molar-refractivity contribution in [3.05, 3.63) is 35.7 Å². The molecular weight excluding hydrogens is 196 g/mol. The lowest BCUT2D eigenvalue weighted by Gasteiger charge is -2.22. The molecule has 2 rings (SSSR count). The van der Waals surface area contributed by atoms with Gasteiger partial charge < -0.3 is 4.90 Å². The number of hydrogen-bond donors (Lipinski definition) is 0. The molecule has 0 aromatic carbocycles. The van der Waals surface area contributed by atoms with Crippen molar-refractivity contribution in [2.75, 3.05) is 11.9 Å². The van der Waals surface area contributed by atoms with Crippen molar-refractivity contribution in [2.45, 2.75) is 39.0 Å². The topological polar surface area (TPSA) is 16.1 Å². The zero-order valence-electron chi connectivity index (χ0n) is 10.8. The molecule has 0 aliphatic carbocycles. The highest BCUT2D eigenvalue weighted by Gasteiger charge is 2.38. The second-order valence-corrected chi connectivity index (χ2v) is 5.43. The number of rotatable bonds is 1. The van der Waals surface area contributed by atoms with E-state index in [1.165, 1.54) is 11.1 Å². The van der Waals surface area contributed by atoms with Gasteiger partial charge in [-0.3, -0.25) is 0 Å². The van der Waals surface area contributed by atoms with Crippen LogP contribution in [0.5, 0.6) is 0 Å². The first-order valence-electron chi connectivity index (χ1n) is 5.79. The molecule has 2 nitrogen and oxygen atoms in total. The van der Waals surface area contributed by atoms with Gasteiger partial charge in [-0.05, 0) is 17.5 Å². The first-order valence-corrected chi connectivity index (χ1v) is 5.79. The van der Waals surface area contributed by atoms with Gasteiger partial charge in [0, 0.05) is 29.9 Å². The molecule has 16 heavy (non-hydrogen) atoms. The van der Waals surface area contributed by atoms with Crippen molar-refractivity contribution in [3.8, 4) is 0 Å². The maximum atomic E-state index is 4.57. The number of hydrogen-bond acceptors (Lipinski definition) is 2. The molecule has 1 aromatic heterocycles. The monoisotopic (exact) mass is 216 g/mol. The summed E-state index contributed by atoms with van der Waals surface area (Å²) in [4.78, 5) is 6.67. The number of aromatic nitrogens is 1. The van der Waals surface area contributed by atoms with Crippen LogP contribution in [0.15, 0.2) is 24.5 Å². The number of nitrogens with zero attached hydrogens (tertiary/aromatic N) is 2. The summed E-state index contributed by atoms with van der Waals surface area (Å²) >= 11 is 0. The Labute approximate surface area is 98.0 Å². The average Bonchev–Trinajstić information content (AvgIpc) is 2.40. The van der Waals surface area contributed by atoms with Crippen molar-refractivity contribution in [1.82, 2.24) is 4.98 Å². The van der Waals surface area contributed by atoms with E-state index in [0.29, 0.717) is 5.92 Å². The molecule has 0 saturated heterocycles. The van der Waals surface area contributed by atoms with Crippen LogP contribution in [0, 0.1) is 0 Å². The van der Waals surface area contributed by atoms with Gasteiger partial charge in [-0.1, -0.05) is 34.3 Å². The van der Waals surface area contributed by atoms with E-state index in [2.05, 4.69) is 50.2 Å². The van der Waals surface area contributed by atoms with Crippen LogP contribution in [-0.4, -0.2) is 12.0 Å². The molecule has 0 fully saturated rings. The summed E-state index contributed by atoms with van der Waals surface area (Å²) in [5.41, 5.74) is 3.72. The van der Waals surface area contributed by atoms with Crippen molar-refractivity contribution in [3.63, 3.8) is 0 Å². The van der Waals surface area contributed by atoms with Gasteiger partial charge in [-0.2, -0.15) is 0 Å². The SMILES string of the molecule is C=C1N(C)c2ncc(C(C)C)cc2C1(C)C. The predicted molar refractivity (Wildman–Crippen MR) is 68.9 cm³/mol. The summed E-state index contributed by atoms with van der Waals surface area (Å²) in [6.45, 7) is 13.0. The molecule has 2 heterocycles. The van der Waals surface area contributed by atoms with Crippen molar-refractivity contribution in [2.24, 2.45) is 0 Å². The summed E-state index contributed by atoms with van der Waals surface area (Å²) in [6, 6.07) is 2.28. The molecule has 0 bridgehead atoms. The van der Waals surface area contributed by atoms with Gasteiger partial charge >= 0.3 is 0 Å². The largest absolute Gasteiger partial charge is 0.333 e. The van der Waals surface area contributed by atoms with Gasteiger partial charge in [0.05, 0.1) is 0 Å². The third kappa shape index (κ3) is 1.36. The van der Waals surface area contributed by atoms with Gasteiger partial charge in [0.1, 0.15) is 5.82 Å². The van der Waals surface area contributed by atoms with Crippen LogP contribution >= 0.6 is 0 Å².